The number of hydrogen-bond donors (Lipinski definition) is 3. The van der Waals surface area contributed by atoms with E-state index in [0.717, 1.165) is 186 Å². The number of ether oxygens (including phenoxy) is 4. The van der Waals surface area contributed by atoms with Crippen LogP contribution in [0.15, 0.2) is 122 Å². The van der Waals surface area contributed by atoms with Crippen LogP contribution < -0.4 is 0 Å². The van der Waals surface area contributed by atoms with Crippen LogP contribution in [0.2, 0.25) is 0 Å². The molecule has 0 spiro atoms. The van der Waals surface area contributed by atoms with Crippen molar-refractivity contribution in [3.63, 3.8) is 0 Å². The molecule has 0 aliphatic carbocycles. The number of allylic oxidation sites excluding steroid dienone is 20. The van der Waals surface area contributed by atoms with Gasteiger partial charge >= 0.3 is 39.5 Å². The predicted octanol–water partition coefficient (Wildman–Crippen LogP) is 23.9. The zero-order valence-corrected chi connectivity index (χ0v) is 67.2. The van der Waals surface area contributed by atoms with Gasteiger partial charge in [-0.3, -0.25) is 37.3 Å². The van der Waals surface area contributed by atoms with E-state index < -0.39 is 97.5 Å². The van der Waals surface area contributed by atoms with E-state index in [1.807, 2.05) is 0 Å². The molecule has 0 aliphatic rings. The normalized spacial score (nSPS) is 14.5. The average molecular weight is 1500 g/mol. The van der Waals surface area contributed by atoms with Crippen molar-refractivity contribution in [3.8, 4) is 0 Å². The Balaban J connectivity index is 5.37. The molecule has 598 valence electrons. The molecule has 3 N–H and O–H groups in total. The van der Waals surface area contributed by atoms with Crippen LogP contribution in [0.25, 0.3) is 0 Å². The first-order valence-corrected chi connectivity index (χ1v) is 43.8. The van der Waals surface area contributed by atoms with Crippen LogP contribution in [-0.2, 0) is 65.4 Å². The SMILES string of the molecule is CC/C=C\C/C=C\C/C=C\C/C=C\C/C=C\CCCCCC(=O)OCC(COP(=O)(O)OCC(O)COP(=O)(O)OCC(COC(=O)CCCCCCCC/C=C\C/C=C\C/C=C\CCCCC)OC(=O)CCCCCCC/C=C\CCCCCC)OC(=O)CCCCCCC/C=C\CCCCCC. The van der Waals surface area contributed by atoms with E-state index in [9.17, 15) is 43.2 Å². The highest BCUT2D eigenvalue weighted by Gasteiger charge is 2.30. The van der Waals surface area contributed by atoms with Crippen LogP contribution in [0.1, 0.15) is 336 Å². The number of phosphoric ester groups is 2. The molecule has 5 unspecified atom stereocenters. The highest BCUT2D eigenvalue weighted by atomic mass is 31.2. The molecular weight excluding hydrogens is 1350 g/mol. The Morgan fingerprint density at radius 2 is 0.500 bits per heavy atom. The largest absolute Gasteiger partial charge is 0.472 e. The zero-order valence-electron chi connectivity index (χ0n) is 65.4. The van der Waals surface area contributed by atoms with E-state index in [1.165, 1.54) is 70.6 Å². The summed E-state index contributed by atoms with van der Waals surface area (Å²) in [7, 11) is -9.97. The summed E-state index contributed by atoms with van der Waals surface area (Å²) in [4.78, 5) is 73.0. The molecule has 19 heteroatoms. The molecular formula is C85H146O17P2. The van der Waals surface area contributed by atoms with Crippen LogP contribution in [0.5, 0.6) is 0 Å². The smallest absolute Gasteiger partial charge is 0.462 e. The van der Waals surface area contributed by atoms with Gasteiger partial charge in [0.1, 0.15) is 19.3 Å². The van der Waals surface area contributed by atoms with Gasteiger partial charge in [-0.05, 0) is 161 Å². The summed E-state index contributed by atoms with van der Waals surface area (Å²) in [5.74, 6) is -2.24. The summed E-state index contributed by atoms with van der Waals surface area (Å²) in [6.07, 6.45) is 84.6. The minimum atomic E-state index is -4.99. The Morgan fingerprint density at radius 3 is 0.808 bits per heavy atom. The van der Waals surface area contributed by atoms with E-state index in [0.29, 0.717) is 25.7 Å². The number of aliphatic hydroxyl groups is 1. The van der Waals surface area contributed by atoms with Crippen LogP contribution in [0.4, 0.5) is 0 Å². The first kappa shape index (κ1) is 99.5. The third-order valence-electron chi connectivity index (χ3n) is 16.9. The second-order valence-electron chi connectivity index (χ2n) is 27.0. The van der Waals surface area contributed by atoms with Crippen molar-refractivity contribution in [1.29, 1.82) is 0 Å². The fourth-order valence-electron chi connectivity index (χ4n) is 10.7. The minimum absolute atomic E-state index is 0.0752. The maximum Gasteiger partial charge on any atom is 0.472 e. The zero-order chi connectivity index (χ0) is 76.0. The molecule has 17 nitrogen and oxygen atoms in total. The molecule has 0 radical (unpaired) electrons. The second kappa shape index (κ2) is 76.6. The fourth-order valence-corrected chi connectivity index (χ4v) is 12.2. The van der Waals surface area contributed by atoms with Crippen molar-refractivity contribution in [2.45, 2.75) is 354 Å². The Morgan fingerprint density at radius 1 is 0.279 bits per heavy atom. The molecule has 0 saturated heterocycles. The summed E-state index contributed by atoms with van der Waals surface area (Å²) < 4.78 is 68.6. The van der Waals surface area contributed by atoms with E-state index in [1.54, 1.807) is 0 Å². The average Bonchev–Trinajstić information content (AvgIpc) is 0.913. The molecule has 0 aromatic heterocycles. The first-order chi connectivity index (χ1) is 50.7. The van der Waals surface area contributed by atoms with Crippen molar-refractivity contribution in [2.24, 2.45) is 0 Å². The molecule has 0 aliphatic heterocycles. The van der Waals surface area contributed by atoms with Crippen LogP contribution in [-0.4, -0.2) is 96.7 Å². The number of carbonyl (C=O) groups excluding carboxylic acids is 4. The van der Waals surface area contributed by atoms with Gasteiger partial charge in [-0.25, -0.2) is 9.13 Å². The van der Waals surface area contributed by atoms with E-state index in [4.69, 9.17) is 37.0 Å². The Hall–Kier alpha value is -4.54. The monoisotopic (exact) mass is 1500 g/mol. The number of esters is 4. The topological polar surface area (TPSA) is 237 Å². The maximum absolute atomic E-state index is 13.1. The fraction of sp³-hybridized carbons (Fsp3) is 0.718. The summed E-state index contributed by atoms with van der Waals surface area (Å²) >= 11 is 0. The highest BCUT2D eigenvalue weighted by Crippen LogP contribution is 2.45. The van der Waals surface area contributed by atoms with Crippen molar-refractivity contribution < 1.29 is 80.2 Å². The lowest BCUT2D eigenvalue weighted by Crippen LogP contribution is -2.30. The Labute approximate surface area is 632 Å². The van der Waals surface area contributed by atoms with Crippen LogP contribution in [0, 0.1) is 0 Å². The van der Waals surface area contributed by atoms with Gasteiger partial charge in [0.05, 0.1) is 26.4 Å². The maximum atomic E-state index is 13.1. The lowest BCUT2D eigenvalue weighted by atomic mass is 10.1. The predicted molar refractivity (Wildman–Crippen MR) is 427 cm³/mol. The van der Waals surface area contributed by atoms with Gasteiger partial charge in [-0.1, -0.05) is 271 Å². The van der Waals surface area contributed by atoms with Gasteiger partial charge in [-0.2, -0.15) is 0 Å². The molecule has 0 amide bonds. The third-order valence-corrected chi connectivity index (χ3v) is 18.8. The van der Waals surface area contributed by atoms with E-state index in [2.05, 4.69) is 149 Å². The van der Waals surface area contributed by atoms with Crippen LogP contribution in [0.3, 0.4) is 0 Å². The number of hydrogen-bond acceptors (Lipinski definition) is 15. The second-order valence-corrected chi connectivity index (χ2v) is 29.9. The molecule has 0 saturated carbocycles. The Kier molecular flexibility index (Phi) is 73.3. The summed E-state index contributed by atoms with van der Waals surface area (Å²) in [6.45, 7) is 4.66. The van der Waals surface area contributed by atoms with Gasteiger partial charge in [0.25, 0.3) is 0 Å². The quantitative estimate of drug-likeness (QED) is 0.0169. The lowest BCUT2D eigenvalue weighted by molar-refractivity contribution is -0.161. The number of aliphatic hydroxyl groups excluding tert-OH is 1. The van der Waals surface area contributed by atoms with Crippen molar-refractivity contribution >= 4 is 39.5 Å². The highest BCUT2D eigenvalue weighted by molar-refractivity contribution is 7.47. The van der Waals surface area contributed by atoms with Crippen molar-refractivity contribution in [1.82, 2.24) is 0 Å². The Bertz CT molecular complexity index is 2440. The number of unbranched alkanes of at least 4 members (excludes halogenated alkanes) is 30. The van der Waals surface area contributed by atoms with Crippen LogP contribution >= 0.6 is 15.6 Å². The van der Waals surface area contributed by atoms with Gasteiger partial charge < -0.3 is 33.8 Å². The third kappa shape index (κ3) is 75.7. The molecule has 0 aromatic rings. The van der Waals surface area contributed by atoms with Gasteiger partial charge in [0, 0.05) is 25.7 Å². The summed E-state index contributed by atoms with van der Waals surface area (Å²) in [5, 5.41) is 10.6. The standard InChI is InChI=1S/C85H146O17P2/c1-5-9-13-17-21-25-29-33-35-37-39-41-43-47-49-53-57-61-65-69-82(87)95-75-80(101-84(89)71-67-63-59-55-51-45-31-27-23-19-15-11-7-3)77-99-103(91,92)97-73-79(86)74-98-104(93,94)100-78-81(102-85(90)72-68-64-60-56-52-46-32-28-24-20-16-12-8-4)76-96-83(88)70-66-62-58-54-50-48-44-42-40-38-36-34-30-26-22-18-14-10-6-2/h9,13,21-22,25-28,31-36,39-42,47,49,79-81,86H,5-8,10-12,14-20,23-24,29-30,37-38,43-46,48,50-78H2,1-4H3,(H,91,92)(H,93,94)/b13-9-,25-21-,26-22-,31-27-,32-28-,35-33-,36-34-,41-39-,42-40-,49-47-. The summed E-state index contributed by atoms with van der Waals surface area (Å²) in [6, 6.07) is 0. The number of phosphoric acid groups is 2. The van der Waals surface area contributed by atoms with Gasteiger partial charge in [-0.15, -0.1) is 0 Å². The van der Waals surface area contributed by atoms with Gasteiger partial charge in [0.15, 0.2) is 12.2 Å². The number of carbonyl (C=O) groups is 4. The minimum Gasteiger partial charge on any atom is -0.462 e. The van der Waals surface area contributed by atoms with E-state index in [-0.39, 0.29) is 25.7 Å². The van der Waals surface area contributed by atoms with Gasteiger partial charge in [0.2, 0.25) is 0 Å². The molecule has 104 heavy (non-hydrogen) atoms. The molecule has 5 atom stereocenters. The van der Waals surface area contributed by atoms with Crippen molar-refractivity contribution in [3.05, 3.63) is 122 Å². The first-order valence-electron chi connectivity index (χ1n) is 40.8. The molecule has 0 fully saturated rings. The summed E-state index contributed by atoms with van der Waals surface area (Å²) in [5.41, 5.74) is 0. The molecule has 0 bridgehead atoms. The van der Waals surface area contributed by atoms with E-state index >= 15 is 0 Å². The van der Waals surface area contributed by atoms with Crippen molar-refractivity contribution in [2.75, 3.05) is 39.6 Å². The molecule has 0 rings (SSSR count). The lowest BCUT2D eigenvalue weighted by Gasteiger charge is -2.21. The number of rotatable bonds is 76. The molecule has 0 aromatic carbocycles. The molecule has 0 heterocycles.